The van der Waals surface area contributed by atoms with E-state index in [9.17, 15) is 9.59 Å². The minimum absolute atomic E-state index is 0.195. The van der Waals surface area contributed by atoms with Crippen LogP contribution in [-0.2, 0) is 19.1 Å². The number of nitrogens with zero attached hydrogens (tertiary/aromatic N) is 1. The van der Waals surface area contributed by atoms with Crippen LogP contribution in [0.3, 0.4) is 0 Å². The molecule has 7 nitrogen and oxygen atoms in total. The number of nitriles is 1. The highest BCUT2D eigenvalue weighted by Gasteiger charge is 2.13. The molecule has 23 heavy (non-hydrogen) atoms. The van der Waals surface area contributed by atoms with Crippen LogP contribution in [0.25, 0.3) is 6.08 Å². The lowest BCUT2D eigenvalue weighted by atomic mass is 10.1. The predicted molar refractivity (Wildman–Crippen MR) is 82.4 cm³/mol. The van der Waals surface area contributed by atoms with Gasteiger partial charge in [-0.15, -0.1) is 0 Å². The third-order valence-corrected chi connectivity index (χ3v) is 2.73. The number of benzene rings is 1. The monoisotopic (exact) mass is 318 g/mol. The van der Waals surface area contributed by atoms with Crippen molar-refractivity contribution in [3.63, 3.8) is 0 Å². The number of methoxy groups -OCH3 is 2. The Kier molecular flexibility index (Phi) is 7.89. The highest BCUT2D eigenvalue weighted by Crippen LogP contribution is 2.14. The summed E-state index contributed by atoms with van der Waals surface area (Å²) in [7, 11) is 3.05. The number of rotatable bonds is 8. The van der Waals surface area contributed by atoms with E-state index >= 15 is 0 Å². The second kappa shape index (κ2) is 9.97. The molecule has 0 bridgehead atoms. The van der Waals surface area contributed by atoms with Gasteiger partial charge in [-0.3, -0.25) is 4.79 Å². The average Bonchev–Trinajstić information content (AvgIpc) is 2.58. The van der Waals surface area contributed by atoms with Gasteiger partial charge in [0.15, 0.2) is 6.61 Å². The van der Waals surface area contributed by atoms with E-state index < -0.39 is 18.5 Å². The van der Waals surface area contributed by atoms with Crippen LogP contribution in [0, 0.1) is 11.3 Å². The van der Waals surface area contributed by atoms with Crippen molar-refractivity contribution in [1.29, 1.82) is 5.26 Å². The Morgan fingerprint density at radius 2 is 1.96 bits per heavy atom. The van der Waals surface area contributed by atoms with E-state index in [0.29, 0.717) is 24.5 Å². The molecule has 0 aliphatic heterocycles. The van der Waals surface area contributed by atoms with Crippen molar-refractivity contribution in [2.24, 2.45) is 0 Å². The van der Waals surface area contributed by atoms with Crippen molar-refractivity contribution < 1.29 is 23.8 Å². The average molecular weight is 318 g/mol. The smallest absolute Gasteiger partial charge is 0.349 e. The zero-order chi connectivity index (χ0) is 17.1. The summed E-state index contributed by atoms with van der Waals surface area (Å²) < 4.78 is 14.6. The van der Waals surface area contributed by atoms with Crippen molar-refractivity contribution in [2.45, 2.75) is 0 Å². The maximum atomic E-state index is 11.8. The minimum Gasteiger partial charge on any atom is -0.497 e. The molecule has 1 rings (SSSR count). The third-order valence-electron chi connectivity index (χ3n) is 2.73. The summed E-state index contributed by atoms with van der Waals surface area (Å²) in [6.45, 7) is 0.227. The molecule has 0 heterocycles. The van der Waals surface area contributed by atoms with Gasteiger partial charge in [0, 0.05) is 13.7 Å². The van der Waals surface area contributed by atoms with Gasteiger partial charge in [0.1, 0.15) is 17.4 Å². The molecule has 0 radical (unpaired) electrons. The van der Waals surface area contributed by atoms with Crippen molar-refractivity contribution in [3.05, 3.63) is 35.4 Å². The number of carbonyl (C=O) groups is 2. The van der Waals surface area contributed by atoms with Crippen molar-refractivity contribution in [3.8, 4) is 11.8 Å². The Balaban J connectivity index is 2.59. The highest BCUT2D eigenvalue weighted by atomic mass is 16.5. The zero-order valence-electron chi connectivity index (χ0n) is 13.0. The summed E-state index contributed by atoms with van der Waals surface area (Å²) in [5.41, 5.74) is 0.448. The van der Waals surface area contributed by atoms with E-state index in [1.54, 1.807) is 37.4 Å². The molecule has 0 saturated carbocycles. The van der Waals surface area contributed by atoms with Gasteiger partial charge < -0.3 is 19.5 Å². The quantitative estimate of drug-likeness (QED) is 0.331. The molecule has 122 valence electrons. The zero-order valence-corrected chi connectivity index (χ0v) is 13.0. The Morgan fingerprint density at radius 1 is 1.26 bits per heavy atom. The summed E-state index contributed by atoms with van der Waals surface area (Å²) in [6, 6.07) is 8.56. The van der Waals surface area contributed by atoms with E-state index in [1.165, 1.54) is 13.2 Å². The van der Waals surface area contributed by atoms with Gasteiger partial charge in [0.2, 0.25) is 0 Å². The van der Waals surface area contributed by atoms with Crippen molar-refractivity contribution in [1.82, 2.24) is 5.32 Å². The molecule has 1 amide bonds. The molecule has 1 aromatic rings. The Bertz CT molecular complexity index is 602. The fourth-order valence-corrected chi connectivity index (χ4v) is 1.56. The standard InChI is InChI=1S/C16H18N2O5/c1-21-8-7-18-15(19)11-23-16(20)13(10-17)9-12-3-5-14(22-2)6-4-12/h3-6,9H,7-8,11H2,1-2H3,(H,18,19)/b13-9+. The number of carbonyl (C=O) groups excluding carboxylic acids is 2. The van der Waals surface area contributed by atoms with E-state index in [-0.39, 0.29) is 5.57 Å². The van der Waals surface area contributed by atoms with Gasteiger partial charge in [-0.2, -0.15) is 5.26 Å². The summed E-state index contributed by atoms with van der Waals surface area (Å²) in [5, 5.41) is 11.5. The van der Waals surface area contributed by atoms with E-state index in [2.05, 4.69) is 5.32 Å². The number of esters is 1. The van der Waals surface area contributed by atoms with Crippen LogP contribution in [0.4, 0.5) is 0 Å². The molecule has 0 aliphatic carbocycles. The van der Waals surface area contributed by atoms with Crippen LogP contribution in [0.1, 0.15) is 5.56 Å². The number of amides is 1. The van der Waals surface area contributed by atoms with E-state index in [1.807, 2.05) is 0 Å². The van der Waals surface area contributed by atoms with Crippen molar-refractivity contribution in [2.75, 3.05) is 34.0 Å². The Labute approximate surface area is 134 Å². The molecular formula is C16H18N2O5. The second-order valence-electron chi connectivity index (χ2n) is 4.36. The number of hydrogen-bond donors (Lipinski definition) is 1. The first kappa shape index (κ1) is 18.2. The SMILES string of the molecule is COCCNC(=O)COC(=O)/C(C#N)=C/c1ccc(OC)cc1. The second-order valence-corrected chi connectivity index (χ2v) is 4.36. The maximum absolute atomic E-state index is 11.8. The molecule has 0 unspecified atom stereocenters. The number of nitrogens with one attached hydrogen (secondary N) is 1. The molecule has 0 fully saturated rings. The van der Waals surface area contributed by atoms with Gasteiger partial charge in [0.25, 0.3) is 5.91 Å². The Hall–Kier alpha value is -2.85. The van der Waals surface area contributed by atoms with Gasteiger partial charge >= 0.3 is 5.97 Å². The first-order valence-corrected chi connectivity index (χ1v) is 6.79. The van der Waals surface area contributed by atoms with Crippen molar-refractivity contribution >= 4 is 18.0 Å². The first-order valence-electron chi connectivity index (χ1n) is 6.79. The lowest BCUT2D eigenvalue weighted by molar-refractivity contribution is -0.144. The molecule has 0 saturated heterocycles. The van der Waals surface area contributed by atoms with Crippen LogP contribution in [0.2, 0.25) is 0 Å². The summed E-state index contributed by atoms with van der Waals surface area (Å²) in [4.78, 5) is 23.2. The molecule has 1 N–H and O–H groups in total. The largest absolute Gasteiger partial charge is 0.497 e. The summed E-state index contributed by atoms with van der Waals surface area (Å²) >= 11 is 0. The van der Waals surface area contributed by atoms with E-state index in [4.69, 9.17) is 19.5 Å². The van der Waals surface area contributed by atoms with Gasteiger partial charge in [-0.05, 0) is 23.8 Å². The first-order chi connectivity index (χ1) is 11.1. The van der Waals surface area contributed by atoms with Gasteiger partial charge in [0.05, 0.1) is 13.7 Å². The molecular weight excluding hydrogens is 300 g/mol. The third kappa shape index (κ3) is 6.63. The summed E-state index contributed by atoms with van der Waals surface area (Å²) in [6.07, 6.45) is 1.38. The number of hydrogen-bond acceptors (Lipinski definition) is 6. The molecule has 7 heteroatoms. The van der Waals surface area contributed by atoms with Crippen LogP contribution in [-0.4, -0.2) is 45.9 Å². The van der Waals surface area contributed by atoms with Crippen LogP contribution >= 0.6 is 0 Å². The van der Waals surface area contributed by atoms with Crippen LogP contribution in [0.15, 0.2) is 29.8 Å². The topological polar surface area (TPSA) is 97.6 Å². The Morgan fingerprint density at radius 3 is 2.52 bits per heavy atom. The van der Waals surface area contributed by atoms with Crippen LogP contribution < -0.4 is 10.1 Å². The fraction of sp³-hybridized carbons (Fsp3) is 0.312. The maximum Gasteiger partial charge on any atom is 0.349 e. The lowest BCUT2D eigenvalue weighted by Gasteiger charge is -2.05. The summed E-state index contributed by atoms with van der Waals surface area (Å²) in [5.74, 6) is -0.654. The molecule has 0 atom stereocenters. The molecule has 0 aliphatic rings. The number of ether oxygens (including phenoxy) is 3. The van der Waals surface area contributed by atoms with Gasteiger partial charge in [-0.25, -0.2) is 4.79 Å². The molecule has 1 aromatic carbocycles. The highest BCUT2D eigenvalue weighted by molar-refractivity contribution is 5.98. The van der Waals surface area contributed by atoms with E-state index in [0.717, 1.165) is 0 Å². The van der Waals surface area contributed by atoms with Gasteiger partial charge in [-0.1, -0.05) is 12.1 Å². The fourth-order valence-electron chi connectivity index (χ4n) is 1.56. The molecule has 0 aromatic heterocycles. The molecule has 0 spiro atoms. The predicted octanol–water partition coefficient (Wildman–Crippen LogP) is 0.908. The lowest BCUT2D eigenvalue weighted by Crippen LogP contribution is -2.31. The van der Waals surface area contributed by atoms with Crippen LogP contribution in [0.5, 0.6) is 5.75 Å². The minimum atomic E-state index is -0.856. The normalized spacial score (nSPS) is 10.6.